The average molecular weight is 613 g/mol. The first-order valence-electron chi connectivity index (χ1n) is 16.1. The van der Waals surface area contributed by atoms with Gasteiger partial charge in [-0.2, -0.15) is 4.98 Å². The molecule has 1 aliphatic carbocycles. The zero-order chi connectivity index (χ0) is 29.7. The Kier molecular flexibility index (Phi) is 12.7. The predicted octanol–water partition coefficient (Wildman–Crippen LogP) is 3.30. The van der Waals surface area contributed by atoms with Crippen LogP contribution in [0.1, 0.15) is 63.5 Å². The maximum atomic E-state index is 9.23. The van der Waals surface area contributed by atoms with Crippen LogP contribution in [0.5, 0.6) is 0 Å². The van der Waals surface area contributed by atoms with Crippen LogP contribution in [-0.4, -0.2) is 97.2 Å². The van der Waals surface area contributed by atoms with E-state index in [-0.39, 0.29) is 0 Å². The van der Waals surface area contributed by atoms with E-state index in [0.717, 1.165) is 93.5 Å². The third-order valence-corrected chi connectivity index (χ3v) is 9.07. The van der Waals surface area contributed by atoms with Gasteiger partial charge in [0.1, 0.15) is 11.5 Å². The average Bonchev–Trinajstić information content (AvgIpc) is 3.49. The van der Waals surface area contributed by atoms with Crippen molar-refractivity contribution in [3.63, 3.8) is 0 Å². The summed E-state index contributed by atoms with van der Waals surface area (Å²) >= 11 is 0. The van der Waals surface area contributed by atoms with Gasteiger partial charge in [-0.3, -0.25) is 4.68 Å². The number of benzene rings is 1. The highest BCUT2D eigenvalue weighted by Crippen LogP contribution is 2.26. The third kappa shape index (κ3) is 10.6. The van der Waals surface area contributed by atoms with Crippen molar-refractivity contribution in [1.29, 1.82) is 0 Å². The van der Waals surface area contributed by atoms with Gasteiger partial charge in [0, 0.05) is 49.8 Å². The Bertz CT molecular complexity index is 1230. The molecule has 2 aliphatic rings. The van der Waals surface area contributed by atoms with Crippen molar-refractivity contribution in [3.8, 4) is 0 Å². The number of hydrogen-bond acceptors (Lipinski definition) is 11. The van der Waals surface area contributed by atoms with Gasteiger partial charge < -0.3 is 36.0 Å². The number of aryl methyl sites for hydroxylation is 1. The minimum Gasteiger partial charge on any atom is -0.367 e. The van der Waals surface area contributed by atoms with Crippen molar-refractivity contribution in [2.24, 2.45) is 0 Å². The van der Waals surface area contributed by atoms with E-state index in [1.807, 2.05) is 29.1 Å². The van der Waals surface area contributed by atoms with Crippen molar-refractivity contribution in [2.75, 3.05) is 56.1 Å². The number of nitrogens with one attached hydrogen (secondary N) is 4. The molecule has 43 heavy (non-hydrogen) atoms. The fraction of sp³-hybridized carbons (Fsp3) is 0.667. The molecular formula is C30H49N10O2P. The number of piperidine rings is 1. The number of anilines is 2. The highest BCUT2D eigenvalue weighted by atomic mass is 31.2. The summed E-state index contributed by atoms with van der Waals surface area (Å²) in [5.74, 6) is 1.40. The molecule has 12 nitrogen and oxygen atoms in total. The zero-order valence-corrected chi connectivity index (χ0v) is 26.2. The second-order valence-corrected chi connectivity index (χ2v) is 13.0. The van der Waals surface area contributed by atoms with Crippen LogP contribution in [0.15, 0.2) is 30.5 Å². The molecule has 1 saturated carbocycles. The van der Waals surface area contributed by atoms with Crippen LogP contribution in [0.4, 0.5) is 11.8 Å². The first kappa shape index (κ1) is 31.9. The smallest absolute Gasteiger partial charge is 0.225 e. The number of rotatable bonds is 17. The lowest BCUT2D eigenvalue weighted by molar-refractivity contribution is 0.228. The minimum atomic E-state index is -1.82. The van der Waals surface area contributed by atoms with E-state index >= 15 is 0 Å². The molecule has 0 spiro atoms. The highest BCUT2D eigenvalue weighted by Gasteiger charge is 2.21. The number of hydrogen-bond donors (Lipinski definition) is 6. The van der Waals surface area contributed by atoms with Gasteiger partial charge in [-0.25, -0.2) is 4.98 Å². The van der Waals surface area contributed by atoms with Gasteiger partial charge in [-0.05, 0) is 70.3 Å². The quantitative estimate of drug-likeness (QED) is 0.0985. The number of aromatic nitrogens is 5. The van der Waals surface area contributed by atoms with Crippen molar-refractivity contribution >= 4 is 31.0 Å². The van der Waals surface area contributed by atoms with Crippen LogP contribution in [0.3, 0.4) is 0 Å². The standard InChI is InChI=1S/C30H49N10O2P/c41-43(42)21-20-39-18-12-25(13-19-39)34-29-27-10-4-5-11-28(27)35-30(36-29)33-22-26-23-40(38-37-26)17-7-15-31-14-6-16-32-24-8-2-1-3-9-24/h4-5,10-11,23-25,31-32,41-42H,1-3,6-9,12-22H2,(H2,33,34,35,36). The Labute approximate surface area is 256 Å². The molecule has 6 N–H and O–H groups in total. The molecule has 0 unspecified atom stereocenters. The lowest BCUT2D eigenvalue weighted by Crippen LogP contribution is -2.40. The number of para-hydroxylation sites is 1. The van der Waals surface area contributed by atoms with Crippen LogP contribution in [0.25, 0.3) is 10.9 Å². The maximum absolute atomic E-state index is 9.23. The summed E-state index contributed by atoms with van der Waals surface area (Å²) in [6, 6.07) is 9.11. The van der Waals surface area contributed by atoms with Crippen molar-refractivity contribution in [3.05, 3.63) is 36.2 Å². The highest BCUT2D eigenvalue weighted by molar-refractivity contribution is 7.45. The Balaban J connectivity index is 1.03. The van der Waals surface area contributed by atoms with Gasteiger partial charge >= 0.3 is 0 Å². The fourth-order valence-corrected chi connectivity index (χ4v) is 6.47. The second kappa shape index (κ2) is 17.1. The molecule has 1 aromatic carbocycles. The van der Waals surface area contributed by atoms with E-state index in [9.17, 15) is 9.79 Å². The summed E-state index contributed by atoms with van der Waals surface area (Å²) in [7, 11) is -1.82. The van der Waals surface area contributed by atoms with Crippen LogP contribution < -0.4 is 21.3 Å². The van der Waals surface area contributed by atoms with E-state index < -0.39 is 8.38 Å². The Morgan fingerprint density at radius 1 is 0.884 bits per heavy atom. The normalized spacial score (nSPS) is 17.2. The third-order valence-electron chi connectivity index (χ3n) is 8.47. The van der Waals surface area contributed by atoms with Crippen molar-refractivity contribution < 1.29 is 9.79 Å². The summed E-state index contributed by atoms with van der Waals surface area (Å²) in [4.78, 5) is 30.3. The molecule has 0 radical (unpaired) electrons. The van der Waals surface area contributed by atoms with E-state index in [2.05, 4.69) is 42.5 Å². The molecule has 2 aromatic heterocycles. The fourth-order valence-electron chi connectivity index (χ4n) is 6.01. The number of nitrogens with zero attached hydrogens (tertiary/aromatic N) is 6. The first-order valence-corrected chi connectivity index (χ1v) is 17.5. The molecule has 0 amide bonds. The molecule has 236 valence electrons. The largest absolute Gasteiger partial charge is 0.367 e. The van der Waals surface area contributed by atoms with E-state index in [4.69, 9.17) is 9.97 Å². The molecule has 0 bridgehead atoms. The molecule has 5 rings (SSSR count). The van der Waals surface area contributed by atoms with Gasteiger partial charge in [0.05, 0.1) is 18.3 Å². The Hall–Kier alpha value is -2.47. The van der Waals surface area contributed by atoms with Crippen molar-refractivity contribution in [1.82, 2.24) is 40.5 Å². The Morgan fingerprint density at radius 2 is 1.70 bits per heavy atom. The lowest BCUT2D eigenvalue weighted by Gasteiger charge is -2.32. The first-order chi connectivity index (χ1) is 21.1. The molecule has 1 aliphatic heterocycles. The van der Waals surface area contributed by atoms with Gasteiger partial charge in [-0.1, -0.05) is 36.6 Å². The van der Waals surface area contributed by atoms with Crippen LogP contribution in [0, 0.1) is 0 Å². The molecule has 3 aromatic rings. The van der Waals surface area contributed by atoms with Crippen LogP contribution in [-0.2, 0) is 13.1 Å². The van der Waals surface area contributed by atoms with Gasteiger partial charge in [-0.15, -0.1) is 5.10 Å². The molecule has 3 heterocycles. The van der Waals surface area contributed by atoms with E-state index in [0.29, 0.717) is 24.7 Å². The summed E-state index contributed by atoms with van der Waals surface area (Å²) in [6.45, 7) is 7.05. The predicted molar refractivity (Wildman–Crippen MR) is 173 cm³/mol. The monoisotopic (exact) mass is 612 g/mol. The van der Waals surface area contributed by atoms with Crippen LogP contribution in [0.2, 0.25) is 0 Å². The van der Waals surface area contributed by atoms with Crippen molar-refractivity contribution in [2.45, 2.75) is 83.0 Å². The molecule has 0 atom stereocenters. The Morgan fingerprint density at radius 3 is 2.53 bits per heavy atom. The lowest BCUT2D eigenvalue weighted by atomic mass is 9.95. The summed E-state index contributed by atoms with van der Waals surface area (Å²) < 4.78 is 1.91. The second-order valence-electron chi connectivity index (χ2n) is 11.8. The zero-order valence-electron chi connectivity index (χ0n) is 25.3. The topological polar surface area (TPSA) is 148 Å². The van der Waals surface area contributed by atoms with Gasteiger partial charge in [0.2, 0.25) is 5.95 Å². The van der Waals surface area contributed by atoms with Crippen LogP contribution >= 0.6 is 8.38 Å². The minimum absolute atomic E-state index is 0.305. The molecule has 13 heteroatoms. The molecule has 1 saturated heterocycles. The summed E-state index contributed by atoms with van der Waals surface area (Å²) in [6.07, 6.45) is 13.4. The van der Waals surface area contributed by atoms with Gasteiger partial charge in [0.15, 0.2) is 8.38 Å². The van der Waals surface area contributed by atoms with E-state index in [1.165, 1.54) is 38.5 Å². The number of likely N-dealkylation sites (tertiary alicyclic amines) is 1. The number of fused-ring (bicyclic) bond motifs is 1. The van der Waals surface area contributed by atoms with Gasteiger partial charge in [0.25, 0.3) is 0 Å². The molecular weight excluding hydrogens is 563 g/mol. The summed E-state index contributed by atoms with van der Waals surface area (Å²) in [5, 5.41) is 23.9. The molecule has 2 fully saturated rings. The maximum Gasteiger partial charge on any atom is 0.225 e. The van der Waals surface area contributed by atoms with E-state index in [1.54, 1.807) is 0 Å². The SMILES string of the molecule is OP(O)CCN1CCC(Nc2nc(NCc3cn(CCCNCCCNC4CCCCC4)nn3)nc3ccccc23)CC1. The summed E-state index contributed by atoms with van der Waals surface area (Å²) in [5.41, 5.74) is 1.75.